The van der Waals surface area contributed by atoms with Crippen LogP contribution in [0, 0.1) is 0 Å². The normalized spacial score (nSPS) is 14.1. The highest BCUT2D eigenvalue weighted by Crippen LogP contribution is 2.33. The van der Waals surface area contributed by atoms with Crippen LogP contribution in [-0.4, -0.2) is 6.36 Å². The molecule has 0 saturated carbocycles. The van der Waals surface area contributed by atoms with Crippen molar-refractivity contribution in [1.82, 2.24) is 0 Å². The van der Waals surface area contributed by atoms with Gasteiger partial charge in [-0.3, -0.25) is 0 Å². The van der Waals surface area contributed by atoms with Gasteiger partial charge in [0.1, 0.15) is 5.75 Å². The van der Waals surface area contributed by atoms with Gasteiger partial charge in [0.05, 0.1) is 0 Å². The molecule has 1 aliphatic heterocycles. The molecule has 1 heterocycles. The molecule has 2 aromatic rings. The van der Waals surface area contributed by atoms with Crippen molar-refractivity contribution in [3.8, 4) is 5.75 Å². The maximum absolute atomic E-state index is 12.3. The third kappa shape index (κ3) is 2.89. The molecule has 0 radical (unpaired) electrons. The maximum atomic E-state index is 12.3. The number of nitrogen functional groups attached to an aromatic ring is 1. The Hall–Kier alpha value is -2.37. The highest BCUT2D eigenvalue weighted by Gasteiger charge is 2.31. The molecule has 1 aliphatic rings. The third-order valence-electron chi connectivity index (χ3n) is 3.44. The zero-order chi connectivity index (χ0) is 15.0. The van der Waals surface area contributed by atoms with Crippen molar-refractivity contribution in [2.24, 2.45) is 0 Å². The quantitative estimate of drug-likeness (QED) is 0.859. The van der Waals surface area contributed by atoms with E-state index in [0.29, 0.717) is 24.5 Å². The standard InChI is InChI=1S/C15H13F3N2O/c16-15(17,18)21-12-5-2-4-11(7-12)20-8-10-3-1-6-14(19)13(10)9-20/h1-7H,8-9,19H2. The van der Waals surface area contributed by atoms with Gasteiger partial charge in [0, 0.05) is 30.5 Å². The molecule has 2 aromatic carbocycles. The summed E-state index contributed by atoms with van der Waals surface area (Å²) in [6.07, 6.45) is -4.68. The van der Waals surface area contributed by atoms with Crippen molar-refractivity contribution in [3.63, 3.8) is 0 Å². The number of hydrogen-bond acceptors (Lipinski definition) is 3. The summed E-state index contributed by atoms with van der Waals surface area (Å²) < 4.78 is 40.7. The second-order valence-electron chi connectivity index (χ2n) is 4.89. The first-order chi connectivity index (χ1) is 9.92. The van der Waals surface area contributed by atoms with Crippen molar-refractivity contribution in [2.75, 3.05) is 10.6 Å². The van der Waals surface area contributed by atoms with E-state index in [9.17, 15) is 13.2 Å². The number of nitrogens with zero attached hydrogens (tertiary/aromatic N) is 1. The largest absolute Gasteiger partial charge is 0.573 e. The van der Waals surface area contributed by atoms with Crippen molar-refractivity contribution in [2.45, 2.75) is 19.5 Å². The van der Waals surface area contributed by atoms with Gasteiger partial charge in [-0.15, -0.1) is 13.2 Å². The van der Waals surface area contributed by atoms with Crippen LogP contribution in [0.2, 0.25) is 0 Å². The zero-order valence-corrected chi connectivity index (χ0v) is 11.0. The van der Waals surface area contributed by atoms with Crippen LogP contribution in [0.1, 0.15) is 11.1 Å². The fourth-order valence-electron chi connectivity index (χ4n) is 2.51. The van der Waals surface area contributed by atoms with Crippen LogP contribution in [0.3, 0.4) is 0 Å². The van der Waals surface area contributed by atoms with E-state index in [1.54, 1.807) is 12.1 Å². The number of ether oxygens (including phenoxy) is 1. The van der Waals surface area contributed by atoms with Crippen LogP contribution < -0.4 is 15.4 Å². The molecule has 6 heteroatoms. The van der Waals surface area contributed by atoms with Crippen LogP contribution in [0.25, 0.3) is 0 Å². The van der Waals surface area contributed by atoms with E-state index in [1.165, 1.54) is 12.1 Å². The monoisotopic (exact) mass is 294 g/mol. The summed E-state index contributed by atoms with van der Waals surface area (Å²) in [5.41, 5.74) is 9.43. The zero-order valence-electron chi connectivity index (χ0n) is 11.0. The van der Waals surface area contributed by atoms with E-state index < -0.39 is 6.36 Å². The van der Waals surface area contributed by atoms with Crippen molar-refractivity contribution < 1.29 is 17.9 Å². The Morgan fingerprint density at radius 1 is 1.05 bits per heavy atom. The molecule has 0 unspecified atom stereocenters. The first kappa shape index (κ1) is 13.6. The average molecular weight is 294 g/mol. The average Bonchev–Trinajstić information content (AvgIpc) is 2.82. The van der Waals surface area contributed by atoms with Crippen LogP contribution in [-0.2, 0) is 13.1 Å². The summed E-state index contributed by atoms with van der Waals surface area (Å²) in [4.78, 5) is 1.96. The minimum Gasteiger partial charge on any atom is -0.406 e. The lowest BCUT2D eigenvalue weighted by Gasteiger charge is -2.19. The Balaban J connectivity index is 1.84. The van der Waals surface area contributed by atoms with E-state index in [0.717, 1.165) is 11.1 Å². The van der Waals surface area contributed by atoms with Gasteiger partial charge >= 0.3 is 6.36 Å². The Labute approximate surface area is 119 Å². The molecule has 3 rings (SSSR count). The van der Waals surface area contributed by atoms with Gasteiger partial charge in [0.15, 0.2) is 0 Å². The molecule has 0 amide bonds. The van der Waals surface area contributed by atoms with Crippen LogP contribution >= 0.6 is 0 Å². The summed E-state index contributed by atoms with van der Waals surface area (Å²) >= 11 is 0. The molecule has 2 N–H and O–H groups in total. The maximum Gasteiger partial charge on any atom is 0.573 e. The topological polar surface area (TPSA) is 38.5 Å². The lowest BCUT2D eigenvalue weighted by atomic mass is 10.1. The molecule has 0 aliphatic carbocycles. The first-order valence-electron chi connectivity index (χ1n) is 6.39. The fraction of sp³-hybridized carbons (Fsp3) is 0.200. The van der Waals surface area contributed by atoms with Gasteiger partial charge in [-0.2, -0.15) is 0 Å². The molecule has 0 bridgehead atoms. The Kier molecular flexibility index (Phi) is 3.16. The number of nitrogens with two attached hydrogens (primary N) is 1. The lowest BCUT2D eigenvalue weighted by molar-refractivity contribution is -0.274. The number of anilines is 2. The first-order valence-corrected chi connectivity index (χ1v) is 6.39. The van der Waals surface area contributed by atoms with E-state index >= 15 is 0 Å². The molecule has 0 spiro atoms. The molecular weight excluding hydrogens is 281 g/mol. The van der Waals surface area contributed by atoms with Crippen LogP contribution in [0.5, 0.6) is 5.75 Å². The minimum absolute atomic E-state index is 0.219. The van der Waals surface area contributed by atoms with E-state index in [-0.39, 0.29) is 5.75 Å². The molecule has 0 aromatic heterocycles. The summed E-state index contributed by atoms with van der Waals surface area (Å²) in [6, 6.07) is 11.6. The SMILES string of the molecule is Nc1cccc2c1CN(c1cccc(OC(F)(F)F)c1)C2. The number of hydrogen-bond donors (Lipinski definition) is 1. The van der Waals surface area contributed by atoms with Gasteiger partial charge in [0.25, 0.3) is 0 Å². The van der Waals surface area contributed by atoms with Gasteiger partial charge in [-0.1, -0.05) is 18.2 Å². The van der Waals surface area contributed by atoms with Crippen molar-refractivity contribution in [1.29, 1.82) is 0 Å². The molecule has 0 atom stereocenters. The Bertz CT molecular complexity index is 670. The van der Waals surface area contributed by atoms with Crippen LogP contribution in [0.15, 0.2) is 42.5 Å². The van der Waals surface area contributed by atoms with Gasteiger partial charge in [0.2, 0.25) is 0 Å². The Morgan fingerprint density at radius 2 is 1.81 bits per heavy atom. The smallest absolute Gasteiger partial charge is 0.406 e. The molecule has 3 nitrogen and oxygen atoms in total. The highest BCUT2D eigenvalue weighted by molar-refractivity contribution is 5.60. The predicted octanol–water partition coefficient (Wildman–Crippen LogP) is 3.69. The second-order valence-corrected chi connectivity index (χ2v) is 4.89. The van der Waals surface area contributed by atoms with E-state index in [4.69, 9.17) is 5.73 Å². The summed E-state index contributed by atoms with van der Waals surface area (Å²) in [6.45, 7) is 1.20. The third-order valence-corrected chi connectivity index (χ3v) is 3.44. The highest BCUT2D eigenvalue weighted by atomic mass is 19.4. The number of benzene rings is 2. The van der Waals surface area contributed by atoms with Gasteiger partial charge in [-0.05, 0) is 29.3 Å². The number of rotatable bonds is 2. The van der Waals surface area contributed by atoms with Gasteiger partial charge in [-0.25, -0.2) is 0 Å². The predicted molar refractivity (Wildman–Crippen MR) is 73.9 cm³/mol. The summed E-state index contributed by atoms with van der Waals surface area (Å²) in [7, 11) is 0. The molecule has 0 saturated heterocycles. The fourth-order valence-corrected chi connectivity index (χ4v) is 2.51. The molecule has 21 heavy (non-hydrogen) atoms. The number of halogens is 3. The number of alkyl halides is 3. The van der Waals surface area contributed by atoms with Gasteiger partial charge < -0.3 is 15.4 Å². The molecular formula is C15H13F3N2O. The van der Waals surface area contributed by atoms with E-state index in [2.05, 4.69) is 4.74 Å². The molecule has 0 fully saturated rings. The number of fused-ring (bicyclic) bond motifs is 1. The Morgan fingerprint density at radius 3 is 2.52 bits per heavy atom. The minimum atomic E-state index is -4.68. The van der Waals surface area contributed by atoms with Crippen molar-refractivity contribution >= 4 is 11.4 Å². The lowest BCUT2D eigenvalue weighted by Crippen LogP contribution is -2.18. The van der Waals surface area contributed by atoms with E-state index in [1.807, 2.05) is 23.1 Å². The summed E-state index contributed by atoms with van der Waals surface area (Å²) in [5.74, 6) is -0.219. The molecule has 110 valence electrons. The van der Waals surface area contributed by atoms with Crippen molar-refractivity contribution in [3.05, 3.63) is 53.6 Å². The summed E-state index contributed by atoms with van der Waals surface area (Å²) in [5, 5.41) is 0. The van der Waals surface area contributed by atoms with Crippen LogP contribution in [0.4, 0.5) is 24.5 Å². The second kappa shape index (κ2) is 4.87.